The summed E-state index contributed by atoms with van der Waals surface area (Å²) in [6, 6.07) is 15.8. The number of imidazole rings is 1. The van der Waals surface area contributed by atoms with E-state index in [2.05, 4.69) is 34.9 Å². The number of carbonyl (C=O) groups is 1. The van der Waals surface area contributed by atoms with E-state index in [-0.39, 0.29) is 5.91 Å². The Bertz CT molecular complexity index is 916. The van der Waals surface area contributed by atoms with Crippen molar-refractivity contribution in [3.8, 4) is 5.75 Å². The Kier molecular flexibility index (Phi) is 6.66. The van der Waals surface area contributed by atoms with Crippen molar-refractivity contribution < 1.29 is 9.53 Å². The Morgan fingerprint density at radius 3 is 2.61 bits per heavy atom. The van der Waals surface area contributed by atoms with E-state index in [1.54, 1.807) is 7.11 Å². The Labute approximate surface area is 166 Å². The van der Waals surface area contributed by atoms with Crippen molar-refractivity contribution in [1.29, 1.82) is 0 Å². The van der Waals surface area contributed by atoms with Crippen LogP contribution < -0.4 is 10.1 Å². The topological polar surface area (TPSA) is 59.4 Å². The molecule has 148 valence electrons. The summed E-state index contributed by atoms with van der Waals surface area (Å²) in [5, 5.41) is 3.01. The van der Waals surface area contributed by atoms with Gasteiger partial charge in [-0.2, -0.15) is 0 Å². The second kappa shape index (κ2) is 9.37. The van der Waals surface area contributed by atoms with E-state index in [1.807, 2.05) is 42.5 Å². The van der Waals surface area contributed by atoms with E-state index in [0.29, 0.717) is 19.4 Å². The molecule has 28 heavy (non-hydrogen) atoms. The van der Waals surface area contributed by atoms with Gasteiger partial charge in [0.05, 0.1) is 24.6 Å². The fourth-order valence-corrected chi connectivity index (χ4v) is 3.17. The van der Waals surface area contributed by atoms with Crippen LogP contribution in [0.1, 0.15) is 11.4 Å². The van der Waals surface area contributed by atoms with Crippen LogP contribution in [0.2, 0.25) is 0 Å². The van der Waals surface area contributed by atoms with Crippen LogP contribution in [0, 0.1) is 0 Å². The summed E-state index contributed by atoms with van der Waals surface area (Å²) >= 11 is 0. The predicted molar refractivity (Wildman–Crippen MR) is 112 cm³/mol. The zero-order chi connectivity index (χ0) is 19.9. The largest absolute Gasteiger partial charge is 0.497 e. The third kappa shape index (κ3) is 5.10. The Morgan fingerprint density at radius 1 is 1.14 bits per heavy atom. The number of carbonyl (C=O) groups excluding carboxylic acids is 1. The first kappa shape index (κ1) is 19.9. The monoisotopic (exact) mass is 380 g/mol. The van der Waals surface area contributed by atoms with E-state index < -0.39 is 0 Å². The fourth-order valence-electron chi connectivity index (χ4n) is 3.17. The molecule has 0 spiro atoms. The second-order valence-corrected chi connectivity index (χ2v) is 7.10. The molecule has 1 heterocycles. The highest BCUT2D eigenvalue weighted by molar-refractivity contribution is 5.78. The lowest BCUT2D eigenvalue weighted by atomic mass is 10.1. The van der Waals surface area contributed by atoms with Crippen molar-refractivity contribution in [2.45, 2.75) is 19.4 Å². The maximum absolute atomic E-state index is 12.3. The van der Waals surface area contributed by atoms with E-state index in [1.165, 1.54) is 0 Å². The van der Waals surface area contributed by atoms with Crippen LogP contribution in [0.5, 0.6) is 5.75 Å². The predicted octanol–water partition coefficient (Wildman–Crippen LogP) is 2.51. The van der Waals surface area contributed by atoms with Gasteiger partial charge in [-0.3, -0.25) is 4.79 Å². The van der Waals surface area contributed by atoms with Gasteiger partial charge in [0, 0.05) is 26.1 Å². The molecule has 6 heteroatoms. The van der Waals surface area contributed by atoms with E-state index in [4.69, 9.17) is 9.72 Å². The van der Waals surface area contributed by atoms with Crippen LogP contribution in [-0.2, 0) is 24.2 Å². The Morgan fingerprint density at radius 2 is 1.89 bits per heavy atom. The minimum atomic E-state index is 0.0149. The highest BCUT2D eigenvalue weighted by atomic mass is 16.5. The van der Waals surface area contributed by atoms with Gasteiger partial charge in [-0.25, -0.2) is 4.98 Å². The van der Waals surface area contributed by atoms with E-state index in [0.717, 1.165) is 41.3 Å². The third-order valence-corrected chi connectivity index (χ3v) is 4.70. The van der Waals surface area contributed by atoms with Crippen LogP contribution >= 0.6 is 0 Å². The summed E-state index contributed by atoms with van der Waals surface area (Å²) in [4.78, 5) is 19.2. The lowest BCUT2D eigenvalue weighted by molar-refractivity contribution is -0.120. The zero-order valence-electron chi connectivity index (χ0n) is 16.8. The number of hydrogen-bond donors (Lipinski definition) is 1. The molecule has 2 aromatic carbocycles. The van der Waals surface area contributed by atoms with Crippen molar-refractivity contribution in [2.24, 2.45) is 0 Å². The molecule has 6 nitrogen and oxygen atoms in total. The number of amides is 1. The van der Waals surface area contributed by atoms with E-state index in [9.17, 15) is 4.79 Å². The average Bonchev–Trinajstić information content (AvgIpc) is 3.04. The number of fused-ring (bicyclic) bond motifs is 1. The number of para-hydroxylation sites is 2. The molecule has 1 aromatic heterocycles. The lowest BCUT2D eigenvalue weighted by Crippen LogP contribution is -2.28. The first-order valence-electron chi connectivity index (χ1n) is 9.55. The zero-order valence-corrected chi connectivity index (χ0v) is 16.8. The molecule has 0 fully saturated rings. The van der Waals surface area contributed by atoms with Crippen molar-refractivity contribution in [3.05, 3.63) is 59.9 Å². The molecule has 0 saturated heterocycles. The summed E-state index contributed by atoms with van der Waals surface area (Å²) < 4.78 is 7.40. The highest BCUT2D eigenvalue weighted by Gasteiger charge is 2.11. The smallest absolute Gasteiger partial charge is 0.224 e. The van der Waals surface area contributed by atoms with E-state index >= 15 is 0 Å². The quantitative estimate of drug-likeness (QED) is 0.620. The summed E-state index contributed by atoms with van der Waals surface area (Å²) in [6.07, 6.45) is 1.07. The van der Waals surface area contributed by atoms with Crippen molar-refractivity contribution in [2.75, 3.05) is 34.3 Å². The first-order valence-corrected chi connectivity index (χ1v) is 9.55. The number of nitrogens with zero attached hydrogens (tertiary/aromatic N) is 3. The highest BCUT2D eigenvalue weighted by Crippen LogP contribution is 2.16. The minimum Gasteiger partial charge on any atom is -0.497 e. The maximum atomic E-state index is 12.3. The van der Waals surface area contributed by atoms with Gasteiger partial charge in [-0.1, -0.05) is 24.3 Å². The molecule has 0 aliphatic heterocycles. The number of hydrogen-bond acceptors (Lipinski definition) is 4. The van der Waals surface area contributed by atoms with Crippen LogP contribution in [0.4, 0.5) is 0 Å². The van der Waals surface area contributed by atoms with Crippen LogP contribution in [0.25, 0.3) is 11.0 Å². The van der Waals surface area contributed by atoms with Gasteiger partial charge in [-0.05, 0) is 43.9 Å². The van der Waals surface area contributed by atoms with Crippen LogP contribution in [0.3, 0.4) is 0 Å². The Hall–Kier alpha value is -2.86. The maximum Gasteiger partial charge on any atom is 0.224 e. The molecule has 0 aliphatic rings. The molecule has 0 radical (unpaired) electrons. The van der Waals surface area contributed by atoms with Gasteiger partial charge >= 0.3 is 0 Å². The van der Waals surface area contributed by atoms with Crippen LogP contribution in [-0.4, -0.2) is 54.7 Å². The normalized spacial score (nSPS) is 11.1. The Balaban J connectivity index is 1.59. The summed E-state index contributed by atoms with van der Waals surface area (Å²) in [5.74, 6) is 1.81. The molecular weight excluding hydrogens is 352 g/mol. The summed E-state index contributed by atoms with van der Waals surface area (Å²) in [6.45, 7) is 2.39. The molecule has 0 aliphatic carbocycles. The molecule has 1 amide bonds. The van der Waals surface area contributed by atoms with Crippen molar-refractivity contribution in [1.82, 2.24) is 19.8 Å². The first-order chi connectivity index (χ1) is 13.6. The fraction of sp³-hybridized carbons (Fsp3) is 0.364. The number of likely N-dealkylation sites (N-methyl/N-ethyl adjacent to an activating group) is 1. The molecule has 3 aromatic rings. The van der Waals surface area contributed by atoms with Gasteiger partial charge < -0.3 is 19.5 Å². The number of benzene rings is 2. The van der Waals surface area contributed by atoms with Crippen molar-refractivity contribution >= 4 is 16.9 Å². The molecule has 0 bridgehead atoms. The molecule has 0 saturated carbocycles. The number of ether oxygens (including phenoxy) is 1. The van der Waals surface area contributed by atoms with Crippen LogP contribution in [0.15, 0.2) is 48.5 Å². The van der Waals surface area contributed by atoms with Gasteiger partial charge in [0.2, 0.25) is 5.91 Å². The lowest BCUT2D eigenvalue weighted by Gasteiger charge is -2.13. The molecule has 1 N–H and O–H groups in total. The molecular formula is C22H28N4O2. The number of nitrogens with one attached hydrogen (secondary N) is 1. The van der Waals surface area contributed by atoms with Crippen molar-refractivity contribution in [3.63, 3.8) is 0 Å². The van der Waals surface area contributed by atoms with Gasteiger partial charge in [0.15, 0.2) is 0 Å². The van der Waals surface area contributed by atoms with Gasteiger partial charge in [0.25, 0.3) is 0 Å². The summed E-state index contributed by atoms with van der Waals surface area (Å²) in [7, 11) is 5.77. The SMILES string of the molecule is COc1ccc(CC(=O)NCCc2nc3ccccc3n2CCN(C)C)cc1. The molecule has 3 rings (SSSR count). The number of methoxy groups -OCH3 is 1. The minimum absolute atomic E-state index is 0.0149. The average molecular weight is 380 g/mol. The third-order valence-electron chi connectivity index (χ3n) is 4.70. The molecule has 0 atom stereocenters. The summed E-state index contributed by atoms with van der Waals surface area (Å²) in [5.41, 5.74) is 3.11. The molecule has 0 unspecified atom stereocenters. The van der Waals surface area contributed by atoms with Gasteiger partial charge in [0.1, 0.15) is 11.6 Å². The number of aromatic nitrogens is 2. The van der Waals surface area contributed by atoms with Gasteiger partial charge in [-0.15, -0.1) is 0 Å². The number of rotatable bonds is 9. The second-order valence-electron chi connectivity index (χ2n) is 7.10. The standard InChI is InChI=1S/C22H28N4O2/c1-25(2)14-15-26-20-7-5-4-6-19(20)24-21(26)12-13-23-22(27)16-17-8-10-18(28-3)11-9-17/h4-11H,12-16H2,1-3H3,(H,23,27).